The molecule has 2 N–H and O–H groups in total. The van der Waals surface area contributed by atoms with Crippen molar-refractivity contribution < 1.29 is 9.59 Å². The van der Waals surface area contributed by atoms with Gasteiger partial charge in [-0.3, -0.25) is 19.0 Å². The van der Waals surface area contributed by atoms with Gasteiger partial charge >= 0.3 is 0 Å². The summed E-state index contributed by atoms with van der Waals surface area (Å²) in [6.45, 7) is 3.87. The number of amides is 2. The highest BCUT2D eigenvalue weighted by atomic mass is 35.5. The molecule has 1 atom stereocenters. The molecule has 0 bridgehead atoms. The first-order valence-corrected chi connectivity index (χ1v) is 14.4. The maximum absolute atomic E-state index is 14.4. The topological polar surface area (TPSA) is 102 Å². The molecule has 0 aliphatic carbocycles. The molecule has 0 spiro atoms. The Hall–Kier alpha value is -4.01. The van der Waals surface area contributed by atoms with E-state index < -0.39 is 6.04 Å². The van der Waals surface area contributed by atoms with Gasteiger partial charge < -0.3 is 15.5 Å². The summed E-state index contributed by atoms with van der Waals surface area (Å²) in [6.07, 6.45) is 2.24. The Kier molecular flexibility index (Phi) is 8.81. The van der Waals surface area contributed by atoms with Crippen LogP contribution in [0.2, 0.25) is 5.02 Å². The van der Waals surface area contributed by atoms with Crippen LogP contribution in [0.25, 0.3) is 10.9 Å². The second kappa shape index (κ2) is 12.7. The minimum atomic E-state index is -1.13. The first-order chi connectivity index (χ1) is 19.9. The number of hydrogen-bond acceptors (Lipinski definition) is 5. The van der Waals surface area contributed by atoms with Gasteiger partial charge in [0, 0.05) is 30.2 Å². The van der Waals surface area contributed by atoms with Crippen molar-refractivity contribution in [1.29, 1.82) is 0 Å². The van der Waals surface area contributed by atoms with Gasteiger partial charge in [0.15, 0.2) is 6.04 Å². The first-order valence-electron chi connectivity index (χ1n) is 14.0. The van der Waals surface area contributed by atoms with Gasteiger partial charge in [-0.1, -0.05) is 59.6 Å². The van der Waals surface area contributed by atoms with Crippen molar-refractivity contribution in [2.24, 2.45) is 5.73 Å². The molecule has 1 fully saturated rings. The van der Waals surface area contributed by atoms with Crippen LogP contribution in [0.1, 0.15) is 52.6 Å². The maximum atomic E-state index is 14.4. The van der Waals surface area contributed by atoms with Crippen molar-refractivity contribution in [3.8, 4) is 0 Å². The summed E-state index contributed by atoms with van der Waals surface area (Å²) < 4.78 is 1.53. The van der Waals surface area contributed by atoms with Crippen LogP contribution in [-0.2, 0) is 11.3 Å². The lowest BCUT2D eigenvalue weighted by Crippen LogP contribution is -2.48. The number of carbonyl (C=O) groups is 2. The number of hydrogen-bond donors (Lipinski definition) is 1. The fourth-order valence-electron chi connectivity index (χ4n) is 5.30. The van der Waals surface area contributed by atoms with Gasteiger partial charge in [0.25, 0.3) is 17.4 Å². The van der Waals surface area contributed by atoms with Crippen molar-refractivity contribution in [3.05, 3.63) is 111 Å². The molecule has 4 aromatic rings. The molecule has 3 aromatic carbocycles. The van der Waals surface area contributed by atoms with Crippen molar-refractivity contribution in [2.45, 2.75) is 38.8 Å². The minimum Gasteiger partial charge on any atom is -0.340 e. The van der Waals surface area contributed by atoms with E-state index in [-0.39, 0.29) is 36.3 Å². The molecule has 1 aliphatic rings. The van der Waals surface area contributed by atoms with Crippen molar-refractivity contribution in [1.82, 2.24) is 19.4 Å². The Labute approximate surface area is 244 Å². The number of halogens is 1. The Morgan fingerprint density at radius 3 is 2.41 bits per heavy atom. The fourth-order valence-corrected chi connectivity index (χ4v) is 5.47. The van der Waals surface area contributed by atoms with Crippen molar-refractivity contribution in [2.75, 3.05) is 26.2 Å². The van der Waals surface area contributed by atoms with Crippen LogP contribution < -0.4 is 11.3 Å². The first kappa shape index (κ1) is 28.5. The Morgan fingerprint density at radius 2 is 1.73 bits per heavy atom. The summed E-state index contributed by atoms with van der Waals surface area (Å²) >= 11 is 6.31. The van der Waals surface area contributed by atoms with Crippen LogP contribution >= 0.6 is 11.6 Å². The van der Waals surface area contributed by atoms with Crippen LogP contribution in [0.5, 0.6) is 0 Å². The average molecular weight is 572 g/mol. The van der Waals surface area contributed by atoms with Crippen LogP contribution in [0.4, 0.5) is 0 Å². The zero-order valence-electron chi connectivity index (χ0n) is 23.1. The summed E-state index contributed by atoms with van der Waals surface area (Å²) in [5.41, 5.74) is 8.32. The SMILES string of the molecule is Cc1ccc(C(=O)N(CCCN)C(C(=O)N2CCCC2)c2nc3cc(Cl)ccc3c(=O)n2Cc2ccccc2)cc1. The molecule has 2 heterocycles. The third kappa shape index (κ3) is 6.19. The quantitative estimate of drug-likeness (QED) is 0.317. The van der Waals surface area contributed by atoms with E-state index >= 15 is 0 Å². The number of carbonyl (C=O) groups excluding carboxylic acids is 2. The van der Waals surface area contributed by atoms with Gasteiger partial charge in [0.1, 0.15) is 5.82 Å². The molecule has 1 aromatic heterocycles. The smallest absolute Gasteiger partial charge is 0.261 e. The molecule has 9 heteroatoms. The largest absolute Gasteiger partial charge is 0.340 e. The van der Waals surface area contributed by atoms with Gasteiger partial charge in [0.05, 0.1) is 17.4 Å². The Bertz CT molecular complexity index is 1600. The molecular weight excluding hydrogens is 538 g/mol. The lowest BCUT2D eigenvalue weighted by atomic mass is 10.1. The molecule has 1 aliphatic heterocycles. The molecule has 2 amide bonds. The van der Waals surface area contributed by atoms with E-state index in [1.54, 1.807) is 35.2 Å². The third-order valence-corrected chi connectivity index (χ3v) is 7.74. The number of nitrogens with zero attached hydrogens (tertiary/aromatic N) is 4. The average Bonchev–Trinajstić information content (AvgIpc) is 3.52. The molecule has 5 rings (SSSR count). The zero-order chi connectivity index (χ0) is 28.9. The van der Waals surface area contributed by atoms with Crippen LogP contribution in [0, 0.1) is 6.92 Å². The summed E-state index contributed by atoms with van der Waals surface area (Å²) in [5, 5.41) is 0.814. The van der Waals surface area contributed by atoms with Crippen LogP contribution in [0.3, 0.4) is 0 Å². The number of fused-ring (bicyclic) bond motifs is 1. The Balaban J connectivity index is 1.75. The highest BCUT2D eigenvalue weighted by Crippen LogP contribution is 2.28. The predicted octanol–water partition coefficient (Wildman–Crippen LogP) is 4.56. The molecule has 0 saturated carbocycles. The number of aryl methyl sites for hydroxylation is 1. The van der Waals surface area contributed by atoms with Crippen molar-refractivity contribution >= 4 is 34.3 Å². The van der Waals surface area contributed by atoms with Crippen LogP contribution in [0.15, 0.2) is 77.6 Å². The van der Waals surface area contributed by atoms with Crippen molar-refractivity contribution in [3.63, 3.8) is 0 Å². The number of aromatic nitrogens is 2. The van der Waals surface area contributed by atoms with Gasteiger partial charge in [0.2, 0.25) is 0 Å². The number of benzene rings is 3. The van der Waals surface area contributed by atoms with E-state index in [9.17, 15) is 14.4 Å². The standard InChI is InChI=1S/C32H34ClN5O3/c1-22-10-12-24(13-11-22)30(39)37(19-7-16-34)28(32(41)36-17-5-6-18-36)29-35-27-20-25(33)14-15-26(27)31(40)38(29)21-23-8-3-2-4-9-23/h2-4,8-15,20,28H,5-7,16-19,21,34H2,1H3. The normalized spacial score (nSPS) is 13.9. The third-order valence-electron chi connectivity index (χ3n) is 7.50. The van der Waals surface area contributed by atoms with Gasteiger partial charge in [-0.05, 0) is 68.6 Å². The summed E-state index contributed by atoms with van der Waals surface area (Å²) in [6, 6.07) is 20.6. The van der Waals surface area contributed by atoms with Gasteiger partial charge in [-0.15, -0.1) is 0 Å². The summed E-state index contributed by atoms with van der Waals surface area (Å²) in [5.74, 6) is -0.360. The van der Waals surface area contributed by atoms with E-state index in [1.165, 1.54) is 9.47 Å². The van der Waals surface area contributed by atoms with Gasteiger partial charge in [-0.25, -0.2) is 4.98 Å². The number of rotatable bonds is 9. The molecule has 8 nitrogen and oxygen atoms in total. The lowest BCUT2D eigenvalue weighted by Gasteiger charge is -2.34. The van der Waals surface area contributed by atoms with E-state index in [2.05, 4.69) is 0 Å². The predicted molar refractivity (Wildman–Crippen MR) is 161 cm³/mol. The highest BCUT2D eigenvalue weighted by Gasteiger charge is 2.39. The van der Waals surface area contributed by atoms with E-state index in [4.69, 9.17) is 22.3 Å². The molecule has 1 unspecified atom stereocenters. The fraction of sp³-hybridized carbons (Fsp3) is 0.312. The van der Waals surface area contributed by atoms with Crippen LogP contribution in [-0.4, -0.2) is 57.3 Å². The monoisotopic (exact) mass is 571 g/mol. The highest BCUT2D eigenvalue weighted by molar-refractivity contribution is 6.31. The summed E-state index contributed by atoms with van der Waals surface area (Å²) in [4.78, 5) is 50.8. The summed E-state index contributed by atoms with van der Waals surface area (Å²) in [7, 11) is 0. The van der Waals surface area contributed by atoms with E-state index in [0.29, 0.717) is 47.5 Å². The van der Waals surface area contributed by atoms with Gasteiger partial charge in [-0.2, -0.15) is 0 Å². The van der Waals surface area contributed by atoms with E-state index in [1.807, 2.05) is 49.4 Å². The molecular formula is C32H34ClN5O3. The minimum absolute atomic E-state index is 0.188. The molecule has 212 valence electrons. The number of likely N-dealkylation sites (tertiary alicyclic amines) is 1. The molecule has 1 saturated heterocycles. The second-order valence-corrected chi connectivity index (χ2v) is 10.9. The Morgan fingerprint density at radius 1 is 1.02 bits per heavy atom. The molecule has 41 heavy (non-hydrogen) atoms. The number of nitrogens with two attached hydrogens (primary N) is 1. The maximum Gasteiger partial charge on any atom is 0.261 e. The second-order valence-electron chi connectivity index (χ2n) is 10.5. The zero-order valence-corrected chi connectivity index (χ0v) is 23.9. The molecule has 0 radical (unpaired) electrons. The lowest BCUT2D eigenvalue weighted by molar-refractivity contribution is -0.135. The van der Waals surface area contributed by atoms with E-state index in [0.717, 1.165) is 24.0 Å².